The third kappa shape index (κ3) is 4.37. The van der Waals surface area contributed by atoms with Gasteiger partial charge in [0.05, 0.1) is 12.1 Å². The molecule has 0 aliphatic rings. The highest BCUT2D eigenvalue weighted by molar-refractivity contribution is 6.33. The molecule has 0 radical (unpaired) electrons. The van der Waals surface area contributed by atoms with E-state index in [2.05, 4.69) is 11.8 Å². The summed E-state index contributed by atoms with van der Waals surface area (Å²) in [5, 5.41) is 1.12. The molecule has 0 spiro atoms. The minimum Gasteiger partial charge on any atom is -0.488 e. The van der Waals surface area contributed by atoms with Crippen molar-refractivity contribution >= 4 is 23.2 Å². The Labute approximate surface area is 132 Å². The molecule has 0 aliphatic carbocycles. The first-order valence-corrected chi connectivity index (χ1v) is 6.91. The fraction of sp³-hybridized carbons (Fsp3) is 0.125. The molecular weight excluding hydrogens is 312 g/mol. The summed E-state index contributed by atoms with van der Waals surface area (Å²) >= 11 is 12.0. The summed E-state index contributed by atoms with van der Waals surface area (Å²) in [5.41, 5.74) is 6.51. The zero-order valence-electron chi connectivity index (χ0n) is 11.0. The average molecular weight is 324 g/mol. The molecule has 0 aliphatic heterocycles. The number of hydrogen-bond acceptors (Lipinski definition) is 2. The van der Waals surface area contributed by atoms with Crippen LogP contribution in [0.15, 0.2) is 36.4 Å². The smallest absolute Gasteiger partial charge is 0.135 e. The second-order valence-electron chi connectivity index (χ2n) is 4.17. The van der Waals surface area contributed by atoms with Crippen molar-refractivity contribution in [3.05, 3.63) is 63.4 Å². The number of rotatable bonds is 3. The van der Waals surface area contributed by atoms with Gasteiger partial charge in [-0.3, -0.25) is 0 Å². The third-order valence-electron chi connectivity index (χ3n) is 2.66. The third-order valence-corrected chi connectivity index (χ3v) is 3.26. The van der Waals surface area contributed by atoms with E-state index >= 15 is 0 Å². The highest BCUT2D eigenvalue weighted by atomic mass is 35.5. The fourth-order valence-electron chi connectivity index (χ4n) is 1.68. The molecule has 108 valence electrons. The lowest BCUT2D eigenvalue weighted by atomic mass is 10.2. The van der Waals surface area contributed by atoms with Gasteiger partial charge in [-0.1, -0.05) is 35.0 Å². The average Bonchev–Trinajstić information content (AvgIpc) is 2.47. The van der Waals surface area contributed by atoms with E-state index in [4.69, 9.17) is 33.7 Å². The van der Waals surface area contributed by atoms with Crippen LogP contribution in [0, 0.1) is 17.7 Å². The van der Waals surface area contributed by atoms with Crippen molar-refractivity contribution in [1.82, 2.24) is 0 Å². The lowest BCUT2D eigenvalue weighted by Crippen LogP contribution is -1.99. The summed E-state index contributed by atoms with van der Waals surface area (Å²) in [6, 6.07) is 9.25. The Balaban J connectivity index is 2.21. The van der Waals surface area contributed by atoms with Crippen LogP contribution in [-0.4, -0.2) is 6.54 Å². The van der Waals surface area contributed by atoms with Crippen LogP contribution in [0.2, 0.25) is 10.0 Å². The number of halogens is 3. The molecule has 21 heavy (non-hydrogen) atoms. The van der Waals surface area contributed by atoms with Crippen molar-refractivity contribution in [1.29, 1.82) is 0 Å². The van der Waals surface area contributed by atoms with Gasteiger partial charge in [-0.2, -0.15) is 0 Å². The molecular formula is C16H12Cl2FNO. The quantitative estimate of drug-likeness (QED) is 0.866. The van der Waals surface area contributed by atoms with Crippen LogP contribution < -0.4 is 10.5 Å². The van der Waals surface area contributed by atoms with E-state index in [1.165, 1.54) is 18.2 Å². The number of benzene rings is 2. The van der Waals surface area contributed by atoms with E-state index in [1.807, 2.05) is 0 Å². The molecule has 0 unspecified atom stereocenters. The predicted molar refractivity (Wildman–Crippen MR) is 83.1 cm³/mol. The summed E-state index contributed by atoms with van der Waals surface area (Å²) in [7, 11) is 0. The highest BCUT2D eigenvalue weighted by Gasteiger charge is 2.06. The van der Waals surface area contributed by atoms with E-state index in [-0.39, 0.29) is 19.0 Å². The molecule has 0 heterocycles. The van der Waals surface area contributed by atoms with Gasteiger partial charge in [-0.05, 0) is 36.4 Å². The molecule has 0 aromatic heterocycles. The molecule has 2 rings (SSSR count). The Morgan fingerprint density at radius 2 is 1.95 bits per heavy atom. The van der Waals surface area contributed by atoms with Gasteiger partial charge in [0.25, 0.3) is 0 Å². The first-order chi connectivity index (χ1) is 10.1. The molecule has 2 N–H and O–H groups in total. The maximum absolute atomic E-state index is 13.3. The van der Waals surface area contributed by atoms with E-state index in [0.29, 0.717) is 21.4 Å². The molecule has 0 atom stereocenters. The van der Waals surface area contributed by atoms with Gasteiger partial charge < -0.3 is 10.5 Å². The molecule has 0 saturated heterocycles. The molecule has 2 aromatic rings. The Bertz CT molecular complexity index is 707. The van der Waals surface area contributed by atoms with Gasteiger partial charge in [0, 0.05) is 15.6 Å². The first kappa shape index (κ1) is 15.7. The van der Waals surface area contributed by atoms with Crippen molar-refractivity contribution in [3.63, 3.8) is 0 Å². The second kappa shape index (κ2) is 7.33. The van der Waals surface area contributed by atoms with Crippen molar-refractivity contribution in [2.24, 2.45) is 5.73 Å². The van der Waals surface area contributed by atoms with Crippen molar-refractivity contribution in [2.45, 2.75) is 6.61 Å². The van der Waals surface area contributed by atoms with E-state index in [1.54, 1.807) is 18.2 Å². The van der Waals surface area contributed by atoms with Crippen LogP contribution in [0.3, 0.4) is 0 Å². The zero-order chi connectivity index (χ0) is 15.2. The first-order valence-electron chi connectivity index (χ1n) is 6.15. The van der Waals surface area contributed by atoms with Gasteiger partial charge in [-0.15, -0.1) is 0 Å². The molecule has 0 bridgehead atoms. The standard InChI is InChI=1S/C16H12Cl2FNO/c17-13-3-5-15(18)12(8-13)10-21-16-6-4-14(19)9-11(16)2-1-7-20/h3-6,8-9H,7,10,20H2. The van der Waals surface area contributed by atoms with E-state index in [9.17, 15) is 4.39 Å². The summed E-state index contributed by atoms with van der Waals surface area (Å²) < 4.78 is 18.9. The summed E-state index contributed by atoms with van der Waals surface area (Å²) in [6.07, 6.45) is 0. The monoisotopic (exact) mass is 323 g/mol. The molecule has 0 saturated carbocycles. The van der Waals surface area contributed by atoms with Crippen LogP contribution in [0.1, 0.15) is 11.1 Å². The number of hydrogen-bond donors (Lipinski definition) is 1. The van der Waals surface area contributed by atoms with Gasteiger partial charge in [0.2, 0.25) is 0 Å². The Morgan fingerprint density at radius 1 is 1.14 bits per heavy atom. The van der Waals surface area contributed by atoms with Gasteiger partial charge in [0.15, 0.2) is 0 Å². The van der Waals surface area contributed by atoms with Crippen LogP contribution in [0.4, 0.5) is 4.39 Å². The normalized spacial score (nSPS) is 9.90. The van der Waals surface area contributed by atoms with Crippen LogP contribution in [-0.2, 0) is 6.61 Å². The van der Waals surface area contributed by atoms with Crippen molar-refractivity contribution in [2.75, 3.05) is 6.54 Å². The van der Waals surface area contributed by atoms with Gasteiger partial charge in [-0.25, -0.2) is 4.39 Å². The van der Waals surface area contributed by atoms with Crippen molar-refractivity contribution in [3.8, 4) is 17.6 Å². The zero-order valence-corrected chi connectivity index (χ0v) is 12.5. The predicted octanol–water partition coefficient (Wildman–Crippen LogP) is 4.02. The van der Waals surface area contributed by atoms with Crippen molar-refractivity contribution < 1.29 is 9.13 Å². The SMILES string of the molecule is NCC#Cc1cc(F)ccc1OCc1cc(Cl)ccc1Cl. The Kier molecular flexibility index (Phi) is 5.46. The summed E-state index contributed by atoms with van der Waals surface area (Å²) in [6.45, 7) is 0.401. The fourth-order valence-corrected chi connectivity index (χ4v) is 2.05. The number of nitrogens with two attached hydrogens (primary N) is 1. The van der Waals surface area contributed by atoms with Gasteiger partial charge >= 0.3 is 0 Å². The molecule has 2 aromatic carbocycles. The summed E-state index contributed by atoms with van der Waals surface area (Å²) in [4.78, 5) is 0. The maximum Gasteiger partial charge on any atom is 0.135 e. The topological polar surface area (TPSA) is 35.2 Å². The molecule has 5 heteroatoms. The second-order valence-corrected chi connectivity index (χ2v) is 5.01. The molecule has 0 fully saturated rings. The highest BCUT2D eigenvalue weighted by Crippen LogP contribution is 2.24. The van der Waals surface area contributed by atoms with Crippen LogP contribution in [0.25, 0.3) is 0 Å². The summed E-state index contributed by atoms with van der Waals surface area (Å²) in [5.74, 6) is 5.53. The van der Waals surface area contributed by atoms with E-state index < -0.39 is 0 Å². The molecule has 0 amide bonds. The van der Waals surface area contributed by atoms with Gasteiger partial charge in [0.1, 0.15) is 18.2 Å². The molecule has 2 nitrogen and oxygen atoms in total. The van der Waals surface area contributed by atoms with E-state index in [0.717, 1.165) is 5.56 Å². The lowest BCUT2D eigenvalue weighted by molar-refractivity contribution is 0.305. The Morgan fingerprint density at radius 3 is 2.71 bits per heavy atom. The minimum atomic E-state index is -0.385. The van der Waals surface area contributed by atoms with Crippen LogP contribution >= 0.6 is 23.2 Å². The van der Waals surface area contributed by atoms with Crippen LogP contribution in [0.5, 0.6) is 5.75 Å². The maximum atomic E-state index is 13.3. The Hall–Kier alpha value is -1.73. The number of ether oxygens (including phenoxy) is 1. The lowest BCUT2D eigenvalue weighted by Gasteiger charge is -2.10. The minimum absolute atomic E-state index is 0.191. The largest absolute Gasteiger partial charge is 0.488 e.